The van der Waals surface area contributed by atoms with E-state index in [1.165, 1.54) is 9.87 Å². The lowest BCUT2D eigenvalue weighted by atomic mass is 9.96. The van der Waals surface area contributed by atoms with E-state index in [-0.39, 0.29) is 49.1 Å². The van der Waals surface area contributed by atoms with Gasteiger partial charge in [-0.05, 0) is 43.9 Å². The molecule has 212 valence electrons. The van der Waals surface area contributed by atoms with E-state index >= 15 is 0 Å². The number of carbonyl (C=O) groups is 1. The number of aliphatic hydroxyl groups excluding tert-OH is 1. The van der Waals surface area contributed by atoms with Crippen LogP contribution in [0.15, 0.2) is 59.5 Å². The molecule has 0 spiro atoms. The molecule has 1 amide bonds. The van der Waals surface area contributed by atoms with E-state index in [2.05, 4.69) is 22.3 Å². The number of ether oxygens (including phenoxy) is 2. The van der Waals surface area contributed by atoms with Gasteiger partial charge in [-0.1, -0.05) is 48.0 Å². The van der Waals surface area contributed by atoms with Gasteiger partial charge in [0.1, 0.15) is 0 Å². The molecule has 2 N–H and O–H groups in total. The second-order valence-corrected chi connectivity index (χ2v) is 12.9. The van der Waals surface area contributed by atoms with Crippen LogP contribution in [0.25, 0.3) is 0 Å². The highest BCUT2D eigenvalue weighted by Crippen LogP contribution is 2.31. The summed E-state index contributed by atoms with van der Waals surface area (Å²) in [6, 6.07) is 16.7. The Balaban J connectivity index is 1.18. The normalized spacial score (nSPS) is 28.8. The number of β-amino-alcohol motifs (C(OH)–C–C–N with tert-alkyl or cyclic N) is 1. The Morgan fingerprint density at radius 2 is 1.79 bits per heavy atom. The van der Waals surface area contributed by atoms with Crippen molar-refractivity contribution in [3.8, 4) is 0 Å². The van der Waals surface area contributed by atoms with Crippen LogP contribution < -0.4 is 5.32 Å². The average Bonchev–Trinajstić information content (AvgIpc) is 3.33. The molecule has 0 bridgehead atoms. The fourth-order valence-corrected chi connectivity index (χ4v) is 7.56. The summed E-state index contributed by atoms with van der Waals surface area (Å²) in [5.41, 5.74) is 2.23. The summed E-state index contributed by atoms with van der Waals surface area (Å²) in [6.45, 7) is 4.67. The molecule has 3 aliphatic heterocycles. The zero-order valence-corrected chi connectivity index (χ0v) is 23.3. The molecule has 0 saturated carbocycles. The summed E-state index contributed by atoms with van der Waals surface area (Å²) in [5, 5.41) is 13.6. The number of sulfonamides is 1. The molecule has 3 fully saturated rings. The number of carbonyl (C=O) groups excluding carboxylic acids is 1. The third-order valence-electron chi connectivity index (χ3n) is 7.86. The van der Waals surface area contributed by atoms with Crippen LogP contribution in [0.1, 0.15) is 36.8 Å². The van der Waals surface area contributed by atoms with E-state index in [0.29, 0.717) is 12.8 Å². The second kappa shape index (κ2) is 12.4. The van der Waals surface area contributed by atoms with Gasteiger partial charge in [0, 0.05) is 32.2 Å². The van der Waals surface area contributed by atoms with Crippen LogP contribution in [0.5, 0.6) is 0 Å². The maximum absolute atomic E-state index is 13.6. The van der Waals surface area contributed by atoms with Crippen molar-refractivity contribution in [2.75, 3.05) is 32.8 Å². The minimum Gasteiger partial charge on any atom is -0.389 e. The van der Waals surface area contributed by atoms with Crippen molar-refractivity contribution in [1.82, 2.24) is 14.5 Å². The Labute approximate surface area is 231 Å². The Kier molecular flexibility index (Phi) is 9.00. The lowest BCUT2D eigenvalue weighted by Crippen LogP contribution is -2.57. The molecule has 5 atom stereocenters. The molecule has 9 nitrogen and oxygen atoms in total. The molecular weight excluding hydrogens is 518 g/mol. The predicted octanol–water partition coefficient (Wildman–Crippen LogP) is 2.07. The third kappa shape index (κ3) is 7.06. The monoisotopic (exact) mass is 557 g/mol. The third-order valence-corrected chi connectivity index (χ3v) is 9.77. The number of amides is 1. The van der Waals surface area contributed by atoms with Crippen molar-refractivity contribution < 1.29 is 27.8 Å². The number of hydrogen-bond donors (Lipinski definition) is 2. The quantitative estimate of drug-likeness (QED) is 0.537. The van der Waals surface area contributed by atoms with E-state index in [1.54, 1.807) is 24.3 Å². The van der Waals surface area contributed by atoms with Crippen molar-refractivity contribution in [2.24, 2.45) is 0 Å². The number of hydrogen-bond acceptors (Lipinski definition) is 7. The number of aryl methyl sites for hydroxylation is 1. The Morgan fingerprint density at radius 1 is 1.03 bits per heavy atom. The first-order valence-electron chi connectivity index (χ1n) is 13.8. The van der Waals surface area contributed by atoms with Crippen molar-refractivity contribution >= 4 is 15.9 Å². The van der Waals surface area contributed by atoms with Gasteiger partial charge >= 0.3 is 0 Å². The van der Waals surface area contributed by atoms with E-state index < -0.39 is 28.3 Å². The summed E-state index contributed by atoms with van der Waals surface area (Å²) in [5.74, 6) is -0.0451. The van der Waals surface area contributed by atoms with Crippen LogP contribution in [0, 0.1) is 6.92 Å². The van der Waals surface area contributed by atoms with E-state index in [4.69, 9.17) is 9.47 Å². The van der Waals surface area contributed by atoms with E-state index in [1.807, 2.05) is 25.1 Å². The van der Waals surface area contributed by atoms with Gasteiger partial charge in [0.25, 0.3) is 0 Å². The van der Waals surface area contributed by atoms with E-state index in [0.717, 1.165) is 31.6 Å². The topological polar surface area (TPSA) is 108 Å². The van der Waals surface area contributed by atoms with Gasteiger partial charge in [-0.3, -0.25) is 9.69 Å². The van der Waals surface area contributed by atoms with Crippen LogP contribution in [0.4, 0.5) is 0 Å². The largest absolute Gasteiger partial charge is 0.389 e. The van der Waals surface area contributed by atoms with Crippen molar-refractivity contribution in [2.45, 2.75) is 74.4 Å². The molecule has 2 aromatic rings. The molecule has 3 saturated heterocycles. The van der Waals surface area contributed by atoms with Gasteiger partial charge in [-0.2, -0.15) is 4.31 Å². The summed E-state index contributed by atoms with van der Waals surface area (Å²) >= 11 is 0. The molecule has 0 aliphatic carbocycles. The molecule has 0 radical (unpaired) electrons. The summed E-state index contributed by atoms with van der Waals surface area (Å²) in [4.78, 5) is 15.5. The van der Waals surface area contributed by atoms with Gasteiger partial charge in [-0.15, -0.1) is 0 Å². The van der Waals surface area contributed by atoms with Crippen molar-refractivity contribution in [1.29, 1.82) is 0 Å². The highest BCUT2D eigenvalue weighted by Gasteiger charge is 2.43. The van der Waals surface area contributed by atoms with Gasteiger partial charge < -0.3 is 19.9 Å². The van der Waals surface area contributed by atoms with Crippen LogP contribution in [0.3, 0.4) is 0 Å². The maximum Gasteiger partial charge on any atom is 0.243 e. The summed E-state index contributed by atoms with van der Waals surface area (Å²) < 4.78 is 40.5. The number of nitrogens with one attached hydrogen (secondary N) is 1. The molecule has 3 heterocycles. The number of aliphatic hydroxyl groups is 1. The van der Waals surface area contributed by atoms with Crippen LogP contribution >= 0.6 is 0 Å². The maximum atomic E-state index is 13.6. The van der Waals surface area contributed by atoms with Gasteiger partial charge in [0.2, 0.25) is 15.9 Å². The first-order chi connectivity index (χ1) is 18.8. The minimum absolute atomic E-state index is 0.0266. The SMILES string of the molecule is Cc1ccc(S(=O)(=O)N2C[C@@H](O)COC[C@H]3O[C@@H](CC(=O)N[C@H]4CCN(Cc5ccccc5)C4)CC[C@@H]32)cc1. The molecular formula is C29H39N3O6S. The fraction of sp³-hybridized carbons (Fsp3) is 0.552. The van der Waals surface area contributed by atoms with Crippen LogP contribution in [-0.4, -0.2) is 91.9 Å². The number of likely N-dealkylation sites (tertiary alicyclic amines) is 1. The number of fused-ring (bicyclic) bond motifs is 1. The van der Waals surface area contributed by atoms with Crippen molar-refractivity contribution in [3.05, 3.63) is 65.7 Å². The highest BCUT2D eigenvalue weighted by molar-refractivity contribution is 7.89. The number of benzene rings is 2. The first kappa shape index (κ1) is 28.2. The summed E-state index contributed by atoms with van der Waals surface area (Å²) in [7, 11) is -3.85. The van der Waals surface area contributed by atoms with Gasteiger partial charge in [0.05, 0.1) is 48.9 Å². The average molecular weight is 558 g/mol. The predicted molar refractivity (Wildman–Crippen MR) is 146 cm³/mol. The Bertz CT molecular complexity index is 1210. The zero-order valence-electron chi connectivity index (χ0n) is 22.4. The molecule has 2 aromatic carbocycles. The fourth-order valence-electron chi connectivity index (χ4n) is 5.85. The molecule has 5 rings (SSSR count). The van der Waals surface area contributed by atoms with E-state index in [9.17, 15) is 18.3 Å². The molecule has 0 unspecified atom stereocenters. The van der Waals surface area contributed by atoms with Crippen molar-refractivity contribution in [3.63, 3.8) is 0 Å². The Hall–Kier alpha value is -2.34. The van der Waals surface area contributed by atoms with Gasteiger partial charge in [0.15, 0.2) is 0 Å². The van der Waals surface area contributed by atoms with Crippen LogP contribution in [0.2, 0.25) is 0 Å². The zero-order chi connectivity index (χ0) is 27.4. The Morgan fingerprint density at radius 3 is 2.56 bits per heavy atom. The first-order valence-corrected chi connectivity index (χ1v) is 15.3. The standard InChI is InChI=1S/C29H39N3O6S/c1-21-7-10-26(11-8-21)39(35,36)32-18-24(33)19-37-20-28-27(32)12-9-25(38-28)15-29(34)30-23-13-14-31(17-23)16-22-5-3-2-4-6-22/h2-8,10-11,23-25,27-28,33H,9,12-20H2,1H3,(H,30,34)/t23-,24+,25+,27-,28+/m0/s1. The molecule has 39 heavy (non-hydrogen) atoms. The smallest absolute Gasteiger partial charge is 0.243 e. The second-order valence-electron chi connectivity index (χ2n) is 11.0. The molecule has 3 aliphatic rings. The lowest BCUT2D eigenvalue weighted by molar-refractivity contribution is -0.146. The number of nitrogens with zero attached hydrogens (tertiary/aromatic N) is 2. The number of rotatable bonds is 7. The summed E-state index contributed by atoms with van der Waals surface area (Å²) in [6.07, 6.45) is 0.459. The van der Waals surface area contributed by atoms with Crippen LogP contribution in [-0.2, 0) is 30.8 Å². The molecule has 0 aromatic heterocycles. The molecule has 10 heteroatoms. The minimum atomic E-state index is -3.85. The van der Waals surface area contributed by atoms with Gasteiger partial charge in [-0.25, -0.2) is 8.42 Å². The lowest BCUT2D eigenvalue weighted by Gasteiger charge is -2.43. The highest BCUT2D eigenvalue weighted by atomic mass is 32.2.